The van der Waals surface area contributed by atoms with E-state index in [2.05, 4.69) is 15.2 Å². The van der Waals surface area contributed by atoms with Crippen LogP contribution in [0, 0.1) is 5.92 Å². The van der Waals surface area contributed by atoms with Gasteiger partial charge in [0.15, 0.2) is 17.6 Å². The number of fused-ring (bicyclic) bond motifs is 4. The van der Waals surface area contributed by atoms with Crippen molar-refractivity contribution >= 4 is 34.6 Å². The van der Waals surface area contributed by atoms with Gasteiger partial charge >= 0.3 is 5.97 Å². The van der Waals surface area contributed by atoms with E-state index in [0.717, 1.165) is 47.3 Å². The molecule has 3 aromatic rings. The van der Waals surface area contributed by atoms with Crippen molar-refractivity contribution in [2.75, 3.05) is 19.6 Å². The molecule has 2 saturated heterocycles. The first kappa shape index (κ1) is 30.6. The molecule has 0 radical (unpaired) electrons. The molecule has 1 spiro atoms. The first-order valence-electron chi connectivity index (χ1n) is 17.7. The zero-order chi connectivity index (χ0) is 33.7. The zero-order valence-corrected chi connectivity index (χ0v) is 27.3. The molecule has 3 fully saturated rings. The van der Waals surface area contributed by atoms with Crippen LogP contribution in [0.4, 0.5) is 0 Å². The molecule has 256 valence electrons. The van der Waals surface area contributed by atoms with Gasteiger partial charge in [-0.25, -0.2) is 4.79 Å². The quantitative estimate of drug-likeness (QED) is 0.187. The highest BCUT2D eigenvalue weighted by atomic mass is 16.7. The summed E-state index contributed by atoms with van der Waals surface area (Å²) in [7, 11) is 0. The molecular formula is C37H40N4O8. The number of carbonyl (C=O) groups is 4. The van der Waals surface area contributed by atoms with Crippen LogP contribution in [-0.4, -0.2) is 80.1 Å². The Morgan fingerprint density at radius 2 is 1.90 bits per heavy atom. The highest BCUT2D eigenvalue weighted by Crippen LogP contribution is 2.69. The SMILES string of the molecule is O=C(CCCCCNC(=O)c1cccc2c3c([nH]c12)[C@@H]1Oc2c(O)ccc4c2C12CCN(CC1CC1)C(C4)[C@]2(O)C3)ON1C(=O)CCC1=O. The van der Waals surface area contributed by atoms with Gasteiger partial charge < -0.3 is 30.1 Å². The van der Waals surface area contributed by atoms with Crippen LogP contribution in [0.3, 0.4) is 0 Å². The normalized spacial score (nSPS) is 28.0. The van der Waals surface area contributed by atoms with Gasteiger partial charge in [0, 0.05) is 55.8 Å². The van der Waals surface area contributed by atoms with Crippen LogP contribution >= 0.6 is 0 Å². The van der Waals surface area contributed by atoms with E-state index < -0.39 is 34.9 Å². The smallest absolute Gasteiger partial charge is 0.333 e. The van der Waals surface area contributed by atoms with E-state index >= 15 is 0 Å². The van der Waals surface area contributed by atoms with Crippen LogP contribution in [0.1, 0.15) is 96.6 Å². The van der Waals surface area contributed by atoms with Gasteiger partial charge in [-0.1, -0.05) is 24.6 Å². The molecule has 12 heteroatoms. The number of carbonyl (C=O) groups excluding carboxylic acids is 4. The minimum Gasteiger partial charge on any atom is -0.504 e. The molecule has 3 amide bonds. The number of para-hydroxylation sites is 1. The van der Waals surface area contributed by atoms with Gasteiger partial charge in [-0.15, -0.1) is 5.06 Å². The summed E-state index contributed by atoms with van der Waals surface area (Å²) < 4.78 is 6.70. The maximum atomic E-state index is 13.5. The number of ether oxygens (including phenoxy) is 1. The Kier molecular flexibility index (Phi) is 6.90. The Labute approximate surface area is 282 Å². The van der Waals surface area contributed by atoms with Crippen molar-refractivity contribution in [1.82, 2.24) is 20.3 Å². The van der Waals surface area contributed by atoms with Crippen molar-refractivity contribution in [3.8, 4) is 11.5 Å². The maximum absolute atomic E-state index is 13.5. The molecule has 4 N–H and O–H groups in total. The van der Waals surface area contributed by atoms with Gasteiger partial charge in [0.25, 0.3) is 17.7 Å². The van der Waals surface area contributed by atoms with Crippen molar-refractivity contribution in [3.05, 3.63) is 58.3 Å². The number of aromatic hydroxyl groups is 1. The number of aromatic nitrogens is 1. The summed E-state index contributed by atoms with van der Waals surface area (Å²) in [6, 6.07) is 9.30. The first-order chi connectivity index (χ1) is 23.7. The van der Waals surface area contributed by atoms with Crippen LogP contribution in [0.15, 0.2) is 30.3 Å². The van der Waals surface area contributed by atoms with E-state index in [0.29, 0.717) is 66.5 Å². The van der Waals surface area contributed by atoms with Gasteiger partial charge in [0.05, 0.1) is 27.8 Å². The van der Waals surface area contributed by atoms with E-state index in [4.69, 9.17) is 9.57 Å². The minimum atomic E-state index is -1.11. The number of imide groups is 1. The minimum absolute atomic E-state index is 0.0567. The van der Waals surface area contributed by atoms with E-state index in [1.807, 2.05) is 18.2 Å². The highest BCUT2D eigenvalue weighted by molar-refractivity contribution is 6.07. The predicted octanol–water partition coefficient (Wildman–Crippen LogP) is 3.47. The number of hydrogen-bond donors (Lipinski definition) is 4. The van der Waals surface area contributed by atoms with Gasteiger partial charge in [-0.05, 0) is 74.2 Å². The van der Waals surface area contributed by atoms with Crippen molar-refractivity contribution in [1.29, 1.82) is 0 Å². The van der Waals surface area contributed by atoms with Gasteiger partial charge in [0.1, 0.15) is 0 Å². The lowest BCUT2D eigenvalue weighted by atomic mass is 9.49. The second-order valence-electron chi connectivity index (χ2n) is 14.8. The topological polar surface area (TPSA) is 162 Å². The number of aromatic amines is 1. The summed E-state index contributed by atoms with van der Waals surface area (Å²) in [6.45, 7) is 2.25. The van der Waals surface area contributed by atoms with E-state index in [1.54, 1.807) is 12.1 Å². The van der Waals surface area contributed by atoms with Crippen LogP contribution in [0.5, 0.6) is 11.5 Å². The number of benzene rings is 2. The third kappa shape index (κ3) is 4.49. The maximum Gasteiger partial charge on any atom is 0.333 e. The molecule has 2 bridgehead atoms. The lowest BCUT2D eigenvalue weighted by Gasteiger charge is -2.62. The van der Waals surface area contributed by atoms with E-state index in [-0.39, 0.29) is 37.0 Å². The zero-order valence-electron chi connectivity index (χ0n) is 27.3. The van der Waals surface area contributed by atoms with Crippen LogP contribution in [0.2, 0.25) is 0 Å². The number of aliphatic hydroxyl groups is 1. The van der Waals surface area contributed by atoms with Gasteiger partial charge in [0.2, 0.25) is 0 Å². The molecule has 4 heterocycles. The molecule has 2 unspecified atom stereocenters. The lowest BCUT2D eigenvalue weighted by molar-refractivity contribution is -0.197. The molecule has 12 nitrogen and oxygen atoms in total. The van der Waals surface area contributed by atoms with E-state index in [9.17, 15) is 29.4 Å². The molecule has 1 saturated carbocycles. The number of phenolic OH excluding ortho intramolecular Hbond substituents is 1. The average Bonchev–Trinajstić information content (AvgIpc) is 3.61. The number of piperidine rings is 1. The molecule has 3 aliphatic carbocycles. The highest BCUT2D eigenvalue weighted by Gasteiger charge is 2.73. The number of H-pyrrole nitrogens is 1. The Hall–Kier alpha value is -4.42. The molecule has 2 aromatic carbocycles. The van der Waals surface area contributed by atoms with Crippen molar-refractivity contribution in [2.45, 2.75) is 93.8 Å². The van der Waals surface area contributed by atoms with Gasteiger partial charge in [-0.3, -0.25) is 19.3 Å². The van der Waals surface area contributed by atoms with Crippen molar-refractivity contribution < 1.29 is 39.0 Å². The number of likely N-dealkylation sites (tertiary alicyclic amines) is 1. The standard InChI is InChI=1S/C37H40N4O8/c42-25-11-10-21-17-26-37(47)18-24-22-5-4-6-23(35(46)38-15-3-1-2-7-29(45)49-41-27(43)12-13-28(41)44)31(22)39-32(24)34-36(37,30(21)33(25)48-34)14-16-40(26)19-20-8-9-20/h4-6,10-11,20,26,34,39,42,47H,1-3,7-9,12-19H2,(H,38,46)/t26?,34-,36?,37+/m0/s1. The van der Waals surface area contributed by atoms with Crippen LogP contribution in [0.25, 0.3) is 10.9 Å². The fourth-order valence-corrected chi connectivity index (χ4v) is 9.51. The second-order valence-corrected chi connectivity index (χ2v) is 14.8. The number of phenols is 1. The number of hydrogen-bond acceptors (Lipinski definition) is 9. The number of nitrogens with zero attached hydrogens (tertiary/aromatic N) is 2. The summed E-state index contributed by atoms with van der Waals surface area (Å²) in [5.41, 5.74) is 3.30. The predicted molar refractivity (Wildman–Crippen MR) is 174 cm³/mol. The number of amides is 3. The molecule has 9 rings (SSSR count). The fourth-order valence-electron chi connectivity index (χ4n) is 9.51. The Balaban J connectivity index is 0.939. The largest absolute Gasteiger partial charge is 0.504 e. The summed E-state index contributed by atoms with van der Waals surface area (Å²) in [5.74, 6) is -0.594. The lowest BCUT2D eigenvalue weighted by Crippen LogP contribution is -2.74. The first-order valence-corrected chi connectivity index (χ1v) is 17.7. The molecule has 4 atom stereocenters. The Bertz CT molecular complexity index is 1920. The Morgan fingerprint density at radius 3 is 2.69 bits per heavy atom. The third-order valence-corrected chi connectivity index (χ3v) is 12.0. The molecule has 1 aromatic heterocycles. The summed E-state index contributed by atoms with van der Waals surface area (Å²) in [6.07, 6.45) is 5.76. The monoisotopic (exact) mass is 668 g/mol. The number of unbranched alkanes of at least 4 members (excludes halogenated alkanes) is 2. The fraction of sp³-hybridized carbons (Fsp3) is 0.514. The summed E-state index contributed by atoms with van der Waals surface area (Å²) >= 11 is 0. The van der Waals surface area contributed by atoms with Crippen LogP contribution < -0.4 is 10.1 Å². The average molecular weight is 669 g/mol. The Morgan fingerprint density at radius 1 is 1.08 bits per heavy atom. The van der Waals surface area contributed by atoms with Crippen molar-refractivity contribution in [2.24, 2.45) is 5.92 Å². The van der Waals surface area contributed by atoms with Crippen molar-refractivity contribution in [3.63, 3.8) is 0 Å². The second kappa shape index (κ2) is 11.0. The summed E-state index contributed by atoms with van der Waals surface area (Å²) in [4.78, 5) is 59.9. The van der Waals surface area contributed by atoms with Gasteiger partial charge in [-0.2, -0.15) is 0 Å². The molecule has 3 aliphatic heterocycles. The molecular weight excluding hydrogens is 628 g/mol. The molecule has 6 aliphatic rings. The number of nitrogens with one attached hydrogen (secondary N) is 2. The number of rotatable bonds is 10. The number of hydroxylamine groups is 2. The van der Waals surface area contributed by atoms with E-state index in [1.165, 1.54) is 12.8 Å². The van der Waals surface area contributed by atoms with Crippen LogP contribution in [-0.2, 0) is 37.5 Å². The molecule has 49 heavy (non-hydrogen) atoms. The third-order valence-electron chi connectivity index (χ3n) is 12.0. The summed E-state index contributed by atoms with van der Waals surface area (Å²) in [5, 5.41) is 28.5.